The molecule has 2 aliphatic rings. The molecule has 1 atom stereocenters. The number of carbonyl (C=O) groups is 1. The molecule has 0 bridgehead atoms. The first-order valence-corrected chi connectivity index (χ1v) is 7.81. The molecule has 0 radical (unpaired) electrons. The summed E-state index contributed by atoms with van der Waals surface area (Å²) in [6, 6.07) is 4.26. The van der Waals surface area contributed by atoms with Crippen molar-refractivity contribution < 1.29 is 9.53 Å². The van der Waals surface area contributed by atoms with Gasteiger partial charge in [0, 0.05) is 6.42 Å². The monoisotopic (exact) mass is 272 g/mol. The molecule has 0 amide bonds. The van der Waals surface area contributed by atoms with Crippen molar-refractivity contribution >= 4 is 5.78 Å². The summed E-state index contributed by atoms with van der Waals surface area (Å²) in [4.78, 5) is 12.2. The summed E-state index contributed by atoms with van der Waals surface area (Å²) in [5.74, 6) is 1.44. The second-order valence-corrected chi connectivity index (χ2v) is 6.60. The average Bonchev–Trinajstić information content (AvgIpc) is 2.47. The van der Waals surface area contributed by atoms with Crippen molar-refractivity contribution in [3.63, 3.8) is 0 Å². The molecule has 20 heavy (non-hydrogen) atoms. The van der Waals surface area contributed by atoms with Crippen LogP contribution < -0.4 is 4.74 Å². The van der Waals surface area contributed by atoms with Crippen LogP contribution >= 0.6 is 0 Å². The van der Waals surface area contributed by atoms with Crippen LogP contribution in [0, 0.1) is 26.2 Å². The van der Waals surface area contributed by atoms with Gasteiger partial charge in [-0.2, -0.15) is 0 Å². The molecule has 0 aliphatic heterocycles. The van der Waals surface area contributed by atoms with Gasteiger partial charge in [-0.05, 0) is 50.3 Å². The van der Waals surface area contributed by atoms with Gasteiger partial charge in [-0.25, -0.2) is 0 Å². The van der Waals surface area contributed by atoms with E-state index in [1.165, 1.54) is 36.0 Å². The highest BCUT2D eigenvalue weighted by Gasteiger charge is 2.56. The summed E-state index contributed by atoms with van der Waals surface area (Å²) in [7, 11) is 0. The number of carbonyl (C=O) groups excluding carboxylic acids is 1. The summed E-state index contributed by atoms with van der Waals surface area (Å²) in [5.41, 5.74) is 3.50. The molecule has 1 aromatic carbocycles. The topological polar surface area (TPSA) is 26.3 Å². The smallest absolute Gasteiger partial charge is 0.146 e. The zero-order valence-corrected chi connectivity index (χ0v) is 12.8. The molecule has 1 spiro atoms. The molecule has 2 heteroatoms. The number of ketones is 1. The Morgan fingerprint density at radius 3 is 2.35 bits per heavy atom. The van der Waals surface area contributed by atoms with Crippen LogP contribution in [-0.2, 0) is 4.79 Å². The summed E-state index contributed by atoms with van der Waals surface area (Å²) < 4.78 is 6.34. The Morgan fingerprint density at radius 1 is 1.05 bits per heavy atom. The van der Waals surface area contributed by atoms with Crippen LogP contribution in [0.15, 0.2) is 12.1 Å². The normalized spacial score (nSPS) is 24.6. The Kier molecular flexibility index (Phi) is 3.35. The van der Waals surface area contributed by atoms with Gasteiger partial charge in [-0.15, -0.1) is 0 Å². The fourth-order valence-corrected chi connectivity index (χ4v) is 3.80. The van der Waals surface area contributed by atoms with E-state index in [1.54, 1.807) is 0 Å². The van der Waals surface area contributed by atoms with Crippen LogP contribution in [0.2, 0.25) is 0 Å². The lowest BCUT2D eigenvalue weighted by molar-refractivity contribution is -0.156. The Morgan fingerprint density at radius 2 is 1.70 bits per heavy atom. The molecule has 2 fully saturated rings. The van der Waals surface area contributed by atoms with Gasteiger partial charge in [0.25, 0.3) is 0 Å². The predicted molar refractivity (Wildman–Crippen MR) is 80.2 cm³/mol. The first-order valence-electron chi connectivity index (χ1n) is 7.81. The van der Waals surface area contributed by atoms with E-state index in [-0.39, 0.29) is 11.5 Å². The summed E-state index contributed by atoms with van der Waals surface area (Å²) >= 11 is 0. The molecule has 0 heterocycles. The van der Waals surface area contributed by atoms with Crippen LogP contribution in [0.3, 0.4) is 0 Å². The molecule has 108 valence electrons. The third-order valence-electron chi connectivity index (χ3n) is 5.42. The lowest BCUT2D eigenvalue weighted by Crippen LogP contribution is -2.57. The molecule has 2 aliphatic carbocycles. The summed E-state index contributed by atoms with van der Waals surface area (Å²) in [5, 5.41) is 0. The van der Waals surface area contributed by atoms with Gasteiger partial charge in [0.1, 0.15) is 17.6 Å². The van der Waals surface area contributed by atoms with E-state index in [0.29, 0.717) is 12.2 Å². The van der Waals surface area contributed by atoms with Crippen LogP contribution in [0.4, 0.5) is 0 Å². The van der Waals surface area contributed by atoms with Crippen molar-refractivity contribution in [1.82, 2.24) is 0 Å². The molecule has 1 aromatic rings. The zero-order valence-electron chi connectivity index (χ0n) is 12.8. The minimum atomic E-state index is -0.152. The maximum Gasteiger partial charge on any atom is 0.146 e. The highest BCUT2D eigenvalue weighted by molar-refractivity contribution is 5.92. The summed E-state index contributed by atoms with van der Waals surface area (Å²) in [6.07, 6.45) is 6.39. The lowest BCUT2D eigenvalue weighted by Gasteiger charge is -2.49. The van der Waals surface area contributed by atoms with E-state index < -0.39 is 0 Å². The van der Waals surface area contributed by atoms with Gasteiger partial charge in [0.05, 0.1) is 5.41 Å². The summed E-state index contributed by atoms with van der Waals surface area (Å²) in [6.45, 7) is 6.32. The van der Waals surface area contributed by atoms with E-state index in [9.17, 15) is 4.79 Å². The number of hydrogen-bond donors (Lipinski definition) is 0. The van der Waals surface area contributed by atoms with Crippen molar-refractivity contribution in [2.45, 2.75) is 65.4 Å². The molecule has 0 N–H and O–H groups in total. The Balaban J connectivity index is 1.85. The molecule has 2 saturated carbocycles. The van der Waals surface area contributed by atoms with Gasteiger partial charge in [0.15, 0.2) is 0 Å². The first-order chi connectivity index (χ1) is 9.54. The highest BCUT2D eigenvalue weighted by atomic mass is 16.5. The van der Waals surface area contributed by atoms with Crippen molar-refractivity contribution in [3.8, 4) is 5.75 Å². The lowest BCUT2D eigenvalue weighted by atomic mass is 9.57. The standard InChI is InChI=1S/C18H24O2/c1-12-7-8-13(2)17(14(12)3)20-16-11-15(19)18(16)9-5-4-6-10-18/h7-8,16H,4-6,9-11H2,1-3H3. The van der Waals surface area contributed by atoms with Gasteiger partial charge in [-0.3, -0.25) is 4.79 Å². The van der Waals surface area contributed by atoms with E-state index in [2.05, 4.69) is 32.9 Å². The molecule has 2 nitrogen and oxygen atoms in total. The Bertz CT molecular complexity index is 539. The van der Waals surface area contributed by atoms with Crippen LogP contribution in [0.1, 0.15) is 55.2 Å². The SMILES string of the molecule is Cc1ccc(C)c(OC2CC(=O)C23CCCCC3)c1C. The van der Waals surface area contributed by atoms with Gasteiger partial charge < -0.3 is 4.74 Å². The fraction of sp³-hybridized carbons (Fsp3) is 0.611. The Labute approximate surface area is 121 Å². The third-order valence-corrected chi connectivity index (χ3v) is 5.42. The van der Waals surface area contributed by atoms with Crippen molar-refractivity contribution in [2.24, 2.45) is 5.41 Å². The Hall–Kier alpha value is -1.31. The van der Waals surface area contributed by atoms with Crippen molar-refractivity contribution in [1.29, 1.82) is 0 Å². The second-order valence-electron chi connectivity index (χ2n) is 6.60. The van der Waals surface area contributed by atoms with Gasteiger partial charge in [0.2, 0.25) is 0 Å². The first kappa shape index (κ1) is 13.7. The minimum absolute atomic E-state index is 0.106. The largest absolute Gasteiger partial charge is 0.488 e. The van der Waals surface area contributed by atoms with E-state index >= 15 is 0 Å². The quantitative estimate of drug-likeness (QED) is 0.803. The van der Waals surface area contributed by atoms with E-state index in [1.807, 2.05) is 0 Å². The fourth-order valence-electron chi connectivity index (χ4n) is 3.80. The predicted octanol–water partition coefficient (Wildman–Crippen LogP) is 4.28. The highest BCUT2D eigenvalue weighted by Crippen LogP contribution is 2.51. The maximum atomic E-state index is 12.2. The van der Waals surface area contributed by atoms with Crippen molar-refractivity contribution in [2.75, 3.05) is 0 Å². The molecule has 3 rings (SSSR count). The number of rotatable bonds is 2. The van der Waals surface area contributed by atoms with Crippen LogP contribution in [-0.4, -0.2) is 11.9 Å². The molecule has 1 unspecified atom stereocenters. The number of benzene rings is 1. The maximum absolute atomic E-state index is 12.2. The average molecular weight is 272 g/mol. The van der Waals surface area contributed by atoms with E-state index in [0.717, 1.165) is 18.6 Å². The number of Topliss-reactive ketones (excluding diaryl/α,β-unsaturated/α-hetero) is 1. The van der Waals surface area contributed by atoms with E-state index in [4.69, 9.17) is 4.74 Å². The number of aryl methyl sites for hydroxylation is 2. The van der Waals surface area contributed by atoms with Gasteiger partial charge >= 0.3 is 0 Å². The number of ether oxygens (including phenoxy) is 1. The van der Waals surface area contributed by atoms with Crippen LogP contribution in [0.5, 0.6) is 5.75 Å². The molecule has 0 aromatic heterocycles. The minimum Gasteiger partial charge on any atom is -0.488 e. The molecule has 0 saturated heterocycles. The second kappa shape index (κ2) is 4.91. The molecular weight excluding hydrogens is 248 g/mol. The van der Waals surface area contributed by atoms with Gasteiger partial charge in [-0.1, -0.05) is 31.4 Å². The number of hydrogen-bond acceptors (Lipinski definition) is 2. The third kappa shape index (κ3) is 1.97. The zero-order chi connectivity index (χ0) is 14.3. The van der Waals surface area contributed by atoms with Crippen LogP contribution in [0.25, 0.3) is 0 Å². The van der Waals surface area contributed by atoms with Crippen molar-refractivity contribution in [3.05, 3.63) is 28.8 Å². The molecular formula is C18H24O2.